The molecule has 0 bridgehead atoms. The third-order valence-corrected chi connectivity index (χ3v) is 3.47. The van der Waals surface area contributed by atoms with Crippen LogP contribution < -0.4 is 5.32 Å². The Bertz CT molecular complexity index is 387. The highest BCUT2D eigenvalue weighted by atomic mass is 19.1. The highest BCUT2D eigenvalue weighted by molar-refractivity contribution is 5.47. The zero-order valence-electron chi connectivity index (χ0n) is 10.8. The summed E-state index contributed by atoms with van der Waals surface area (Å²) in [5.41, 5.74) is 1.50. The fourth-order valence-electron chi connectivity index (χ4n) is 2.38. The van der Waals surface area contributed by atoms with Gasteiger partial charge in [-0.05, 0) is 37.5 Å². The second-order valence-electron chi connectivity index (χ2n) is 4.93. The molecule has 0 amide bonds. The zero-order valence-corrected chi connectivity index (χ0v) is 10.8. The van der Waals surface area contributed by atoms with Gasteiger partial charge in [0.2, 0.25) is 0 Å². The van der Waals surface area contributed by atoms with Crippen LogP contribution in [-0.4, -0.2) is 37.3 Å². The molecule has 0 saturated carbocycles. The van der Waals surface area contributed by atoms with Crippen molar-refractivity contribution >= 4 is 5.69 Å². The summed E-state index contributed by atoms with van der Waals surface area (Å²) in [7, 11) is 0. The second-order valence-corrected chi connectivity index (χ2v) is 4.93. The van der Waals surface area contributed by atoms with Gasteiger partial charge in [-0.1, -0.05) is 6.07 Å². The van der Waals surface area contributed by atoms with E-state index in [1.54, 1.807) is 12.1 Å². The average Bonchev–Trinajstić information content (AvgIpc) is 2.35. The lowest BCUT2D eigenvalue weighted by molar-refractivity contribution is 0.202. The van der Waals surface area contributed by atoms with Crippen molar-refractivity contribution in [3.63, 3.8) is 0 Å². The molecule has 0 radical (unpaired) electrons. The first-order valence-electron chi connectivity index (χ1n) is 6.50. The van der Waals surface area contributed by atoms with Crippen molar-refractivity contribution < 1.29 is 8.78 Å². The van der Waals surface area contributed by atoms with Gasteiger partial charge in [0.15, 0.2) is 0 Å². The van der Waals surface area contributed by atoms with Crippen LogP contribution in [0.25, 0.3) is 0 Å². The molecule has 1 N–H and O–H groups in total. The molecule has 4 heteroatoms. The maximum absolute atomic E-state index is 13.7. The van der Waals surface area contributed by atoms with Gasteiger partial charge in [-0.25, -0.2) is 8.78 Å². The number of benzene rings is 1. The lowest BCUT2D eigenvalue weighted by Crippen LogP contribution is -2.40. The Morgan fingerprint density at radius 1 is 1.33 bits per heavy atom. The molecular weight excluding hydrogens is 234 g/mol. The fraction of sp³-hybridized carbons (Fsp3) is 0.571. The Morgan fingerprint density at radius 2 is 2.06 bits per heavy atom. The first kappa shape index (κ1) is 13.3. The van der Waals surface area contributed by atoms with Gasteiger partial charge >= 0.3 is 0 Å². The van der Waals surface area contributed by atoms with Crippen LogP contribution in [0.1, 0.15) is 18.4 Å². The van der Waals surface area contributed by atoms with Crippen LogP contribution in [0.15, 0.2) is 18.2 Å². The summed E-state index contributed by atoms with van der Waals surface area (Å²) in [6.07, 6.45) is 1.88. The minimum atomic E-state index is -0.287. The van der Waals surface area contributed by atoms with Gasteiger partial charge in [0.25, 0.3) is 0 Å². The van der Waals surface area contributed by atoms with E-state index in [4.69, 9.17) is 0 Å². The molecule has 1 aliphatic heterocycles. The zero-order chi connectivity index (χ0) is 13.0. The Hall–Kier alpha value is -1.16. The van der Waals surface area contributed by atoms with E-state index in [1.165, 1.54) is 0 Å². The number of alkyl halides is 1. The predicted octanol–water partition coefficient (Wildman–Crippen LogP) is 2.98. The maximum atomic E-state index is 13.7. The van der Waals surface area contributed by atoms with Gasteiger partial charge in [0.05, 0.1) is 5.69 Å². The van der Waals surface area contributed by atoms with Gasteiger partial charge in [0, 0.05) is 25.7 Å². The van der Waals surface area contributed by atoms with Gasteiger partial charge in [-0.2, -0.15) is 0 Å². The van der Waals surface area contributed by atoms with E-state index in [-0.39, 0.29) is 18.5 Å². The molecule has 2 rings (SSSR count). The Balaban J connectivity index is 1.87. The van der Waals surface area contributed by atoms with E-state index in [2.05, 4.69) is 10.2 Å². The van der Waals surface area contributed by atoms with Crippen molar-refractivity contribution in [2.75, 3.05) is 31.6 Å². The molecule has 100 valence electrons. The Labute approximate surface area is 107 Å². The van der Waals surface area contributed by atoms with Crippen LogP contribution >= 0.6 is 0 Å². The summed E-state index contributed by atoms with van der Waals surface area (Å²) in [6.45, 7) is 3.88. The lowest BCUT2D eigenvalue weighted by Gasteiger charge is -2.32. The molecule has 1 fully saturated rings. The SMILES string of the molecule is Cc1ccc(NC2CCN(CCF)CC2)c(F)c1. The maximum Gasteiger partial charge on any atom is 0.146 e. The van der Waals surface area contributed by atoms with Crippen molar-refractivity contribution in [3.8, 4) is 0 Å². The molecule has 0 aliphatic carbocycles. The van der Waals surface area contributed by atoms with Crippen LogP contribution in [0.3, 0.4) is 0 Å². The second kappa shape index (κ2) is 6.14. The molecule has 0 spiro atoms. The normalized spacial score (nSPS) is 17.9. The highest BCUT2D eigenvalue weighted by Gasteiger charge is 2.19. The van der Waals surface area contributed by atoms with Crippen LogP contribution in [-0.2, 0) is 0 Å². The lowest BCUT2D eigenvalue weighted by atomic mass is 10.0. The minimum absolute atomic E-state index is 0.193. The number of aryl methyl sites for hydroxylation is 1. The van der Waals surface area contributed by atoms with E-state index in [1.807, 2.05) is 13.0 Å². The van der Waals surface area contributed by atoms with E-state index < -0.39 is 0 Å². The largest absolute Gasteiger partial charge is 0.380 e. The quantitative estimate of drug-likeness (QED) is 0.888. The standard InChI is InChI=1S/C14H20F2N2/c1-11-2-3-14(13(16)10-11)17-12-4-7-18(8-5-12)9-6-15/h2-3,10,12,17H,4-9H2,1H3. The van der Waals surface area contributed by atoms with Crippen LogP contribution in [0.2, 0.25) is 0 Å². The molecule has 1 saturated heterocycles. The molecule has 1 aromatic carbocycles. The molecule has 18 heavy (non-hydrogen) atoms. The van der Waals surface area contributed by atoms with E-state index in [0.29, 0.717) is 12.2 Å². The molecular formula is C14H20F2N2. The summed E-state index contributed by atoms with van der Waals surface area (Å²) in [4.78, 5) is 2.11. The number of piperidine rings is 1. The van der Waals surface area contributed by atoms with Gasteiger partial charge < -0.3 is 10.2 Å². The number of nitrogens with one attached hydrogen (secondary N) is 1. The predicted molar refractivity (Wildman–Crippen MR) is 70.2 cm³/mol. The molecule has 0 atom stereocenters. The first-order valence-corrected chi connectivity index (χ1v) is 6.50. The van der Waals surface area contributed by atoms with Crippen molar-refractivity contribution in [1.29, 1.82) is 0 Å². The monoisotopic (exact) mass is 254 g/mol. The summed E-state index contributed by atoms with van der Waals surface area (Å²) >= 11 is 0. The van der Waals surface area contributed by atoms with E-state index in [0.717, 1.165) is 31.5 Å². The molecule has 0 aromatic heterocycles. The Morgan fingerprint density at radius 3 is 2.67 bits per heavy atom. The molecule has 0 unspecified atom stereocenters. The summed E-state index contributed by atoms with van der Waals surface area (Å²) in [6, 6.07) is 5.53. The summed E-state index contributed by atoms with van der Waals surface area (Å²) < 4.78 is 25.9. The van der Waals surface area contributed by atoms with Gasteiger partial charge in [-0.3, -0.25) is 0 Å². The van der Waals surface area contributed by atoms with Crippen LogP contribution in [0.5, 0.6) is 0 Å². The topological polar surface area (TPSA) is 15.3 Å². The average molecular weight is 254 g/mol. The van der Waals surface area contributed by atoms with Crippen LogP contribution in [0.4, 0.5) is 14.5 Å². The number of halogens is 2. The van der Waals surface area contributed by atoms with Crippen molar-refractivity contribution in [1.82, 2.24) is 4.90 Å². The molecule has 2 nitrogen and oxygen atoms in total. The fourth-order valence-corrected chi connectivity index (χ4v) is 2.38. The number of anilines is 1. The number of rotatable bonds is 4. The molecule has 1 aliphatic rings. The Kier molecular flexibility index (Phi) is 4.53. The van der Waals surface area contributed by atoms with Crippen molar-refractivity contribution in [3.05, 3.63) is 29.6 Å². The third kappa shape index (κ3) is 3.42. The highest BCUT2D eigenvalue weighted by Crippen LogP contribution is 2.20. The van der Waals surface area contributed by atoms with Crippen LogP contribution in [0, 0.1) is 12.7 Å². The minimum Gasteiger partial charge on any atom is -0.380 e. The van der Waals surface area contributed by atoms with Gasteiger partial charge in [0.1, 0.15) is 12.5 Å². The summed E-state index contributed by atoms with van der Waals surface area (Å²) in [5.74, 6) is -0.193. The van der Waals surface area contributed by atoms with Gasteiger partial charge in [-0.15, -0.1) is 0 Å². The number of hydrogen-bond acceptors (Lipinski definition) is 2. The van der Waals surface area contributed by atoms with E-state index in [9.17, 15) is 8.78 Å². The molecule has 1 aromatic rings. The van der Waals surface area contributed by atoms with Crippen molar-refractivity contribution in [2.24, 2.45) is 0 Å². The van der Waals surface area contributed by atoms with Crippen molar-refractivity contribution in [2.45, 2.75) is 25.8 Å². The van der Waals surface area contributed by atoms with E-state index >= 15 is 0 Å². The third-order valence-electron chi connectivity index (χ3n) is 3.47. The number of likely N-dealkylation sites (tertiary alicyclic amines) is 1. The smallest absolute Gasteiger partial charge is 0.146 e. The molecule has 1 heterocycles. The number of nitrogens with zero attached hydrogens (tertiary/aromatic N) is 1. The number of hydrogen-bond donors (Lipinski definition) is 1. The first-order chi connectivity index (χ1) is 8.69. The summed E-state index contributed by atoms with van der Waals surface area (Å²) in [5, 5.41) is 3.24.